The van der Waals surface area contributed by atoms with Gasteiger partial charge >= 0.3 is 0 Å². The van der Waals surface area contributed by atoms with Crippen molar-refractivity contribution >= 4 is 5.57 Å². The van der Waals surface area contributed by atoms with E-state index < -0.39 is 0 Å². The van der Waals surface area contributed by atoms with Gasteiger partial charge in [-0.15, -0.1) is 0 Å². The van der Waals surface area contributed by atoms with Crippen LogP contribution >= 0.6 is 0 Å². The molecule has 0 unspecified atom stereocenters. The predicted molar refractivity (Wildman–Crippen MR) is 83.1 cm³/mol. The highest BCUT2D eigenvalue weighted by Crippen LogP contribution is 2.56. The minimum Gasteiger partial charge on any atom is -0.0991 e. The highest BCUT2D eigenvalue weighted by molar-refractivity contribution is 5.90. The fourth-order valence-electron chi connectivity index (χ4n) is 4.06. The van der Waals surface area contributed by atoms with E-state index in [-0.39, 0.29) is 5.41 Å². The Hall–Kier alpha value is -1.56. The fraction of sp³-hybridized carbons (Fsp3) is 0.368. The van der Waals surface area contributed by atoms with Crippen molar-refractivity contribution in [2.24, 2.45) is 0 Å². The Balaban J connectivity index is 2.25. The van der Waals surface area contributed by atoms with E-state index in [0.717, 1.165) is 0 Å². The van der Waals surface area contributed by atoms with Crippen molar-refractivity contribution in [3.8, 4) is 0 Å². The molecule has 2 aliphatic carbocycles. The molecule has 0 heterocycles. The summed E-state index contributed by atoms with van der Waals surface area (Å²) in [6, 6.07) is 8.98. The molecular weight excluding hydrogens is 228 g/mol. The standard InChI is InChI=1S/C19H22/c1-3-10-17-15(4-2)16-11-6-7-12-18(16)19(17)13-8-5-9-14-19/h3-4,6-7,10-12H,1,5,8-9,13-14H2,2H3/b15-4-,17-10+. The van der Waals surface area contributed by atoms with Crippen LogP contribution in [-0.2, 0) is 5.41 Å². The second-order valence-electron chi connectivity index (χ2n) is 5.71. The second kappa shape index (κ2) is 4.85. The van der Waals surface area contributed by atoms with Crippen molar-refractivity contribution in [2.75, 3.05) is 0 Å². The third-order valence-corrected chi connectivity index (χ3v) is 4.82. The van der Waals surface area contributed by atoms with Crippen molar-refractivity contribution < 1.29 is 0 Å². The average molecular weight is 250 g/mol. The van der Waals surface area contributed by atoms with Gasteiger partial charge in [-0.1, -0.05) is 68.3 Å². The quantitative estimate of drug-likeness (QED) is 0.624. The van der Waals surface area contributed by atoms with Crippen LogP contribution in [0.3, 0.4) is 0 Å². The molecule has 0 bridgehead atoms. The molecule has 1 saturated carbocycles. The van der Waals surface area contributed by atoms with Crippen LogP contribution in [-0.4, -0.2) is 0 Å². The second-order valence-corrected chi connectivity index (χ2v) is 5.71. The van der Waals surface area contributed by atoms with Gasteiger partial charge in [-0.2, -0.15) is 0 Å². The lowest BCUT2D eigenvalue weighted by molar-refractivity contribution is 0.353. The van der Waals surface area contributed by atoms with Crippen LogP contribution in [0.25, 0.3) is 5.57 Å². The Kier molecular flexibility index (Phi) is 3.18. The Labute approximate surface area is 116 Å². The smallest absolute Gasteiger partial charge is 0.0215 e. The summed E-state index contributed by atoms with van der Waals surface area (Å²) >= 11 is 0. The van der Waals surface area contributed by atoms with Crippen LogP contribution in [0.15, 0.2) is 54.6 Å². The molecule has 1 aromatic carbocycles. The lowest BCUT2D eigenvalue weighted by atomic mass is 9.67. The Morgan fingerprint density at radius 1 is 1.11 bits per heavy atom. The van der Waals surface area contributed by atoms with Crippen LogP contribution in [0.4, 0.5) is 0 Å². The monoisotopic (exact) mass is 250 g/mol. The first-order chi connectivity index (χ1) is 9.33. The number of hydrogen-bond acceptors (Lipinski definition) is 0. The van der Waals surface area contributed by atoms with Gasteiger partial charge < -0.3 is 0 Å². The van der Waals surface area contributed by atoms with E-state index in [1.54, 1.807) is 5.56 Å². The summed E-state index contributed by atoms with van der Waals surface area (Å²) in [4.78, 5) is 0. The van der Waals surface area contributed by atoms with Crippen LogP contribution < -0.4 is 0 Å². The zero-order valence-corrected chi connectivity index (χ0v) is 11.8. The van der Waals surface area contributed by atoms with Crippen LogP contribution in [0.1, 0.15) is 50.2 Å². The molecule has 0 aromatic heterocycles. The van der Waals surface area contributed by atoms with Gasteiger partial charge in [0.2, 0.25) is 0 Å². The van der Waals surface area contributed by atoms with Crippen molar-refractivity contribution in [1.82, 2.24) is 0 Å². The normalized spacial score (nSPS) is 24.9. The van der Waals surface area contributed by atoms with E-state index in [2.05, 4.69) is 49.9 Å². The third kappa shape index (κ3) is 1.74. The molecule has 1 aromatic rings. The highest BCUT2D eigenvalue weighted by atomic mass is 14.5. The molecule has 98 valence electrons. The number of fused-ring (bicyclic) bond motifs is 2. The molecule has 2 aliphatic rings. The van der Waals surface area contributed by atoms with Crippen LogP contribution in [0.5, 0.6) is 0 Å². The number of allylic oxidation sites excluding steroid dienone is 5. The van der Waals surface area contributed by atoms with Gasteiger partial charge in [0.25, 0.3) is 0 Å². The van der Waals surface area contributed by atoms with Gasteiger partial charge in [-0.05, 0) is 42.0 Å². The first kappa shape index (κ1) is 12.5. The minimum absolute atomic E-state index is 0.269. The molecule has 0 atom stereocenters. The first-order valence-corrected chi connectivity index (χ1v) is 7.43. The SMILES string of the molecule is C=C/C=C1\C(=C/C)c2ccccc2C12CCCCC2. The molecule has 0 heteroatoms. The molecule has 1 fully saturated rings. The van der Waals surface area contributed by atoms with Crippen molar-refractivity contribution in [3.63, 3.8) is 0 Å². The van der Waals surface area contributed by atoms with Crippen LogP contribution in [0.2, 0.25) is 0 Å². The summed E-state index contributed by atoms with van der Waals surface area (Å²) < 4.78 is 0. The molecule has 0 nitrogen and oxygen atoms in total. The molecule has 0 radical (unpaired) electrons. The largest absolute Gasteiger partial charge is 0.0991 e. The summed E-state index contributed by atoms with van der Waals surface area (Å²) in [6.45, 7) is 6.09. The number of hydrogen-bond donors (Lipinski definition) is 0. The van der Waals surface area contributed by atoms with Gasteiger partial charge in [0.05, 0.1) is 0 Å². The first-order valence-electron chi connectivity index (χ1n) is 7.43. The van der Waals surface area contributed by atoms with Crippen molar-refractivity contribution in [1.29, 1.82) is 0 Å². The molecule has 0 saturated heterocycles. The van der Waals surface area contributed by atoms with E-state index >= 15 is 0 Å². The summed E-state index contributed by atoms with van der Waals surface area (Å²) in [5.41, 5.74) is 6.20. The van der Waals surface area contributed by atoms with Crippen LogP contribution in [0, 0.1) is 0 Å². The van der Waals surface area contributed by atoms with E-state index in [1.165, 1.54) is 48.8 Å². The maximum absolute atomic E-state index is 3.93. The van der Waals surface area contributed by atoms with Crippen molar-refractivity contribution in [3.05, 3.63) is 65.8 Å². The Morgan fingerprint density at radius 2 is 1.84 bits per heavy atom. The predicted octanol–water partition coefficient (Wildman–Crippen LogP) is 5.42. The van der Waals surface area contributed by atoms with Crippen molar-refractivity contribution in [2.45, 2.75) is 44.4 Å². The highest BCUT2D eigenvalue weighted by Gasteiger charge is 2.44. The van der Waals surface area contributed by atoms with Gasteiger partial charge in [-0.25, -0.2) is 0 Å². The summed E-state index contributed by atoms with van der Waals surface area (Å²) in [7, 11) is 0. The molecular formula is C19H22. The molecule has 3 rings (SSSR count). The maximum atomic E-state index is 3.93. The van der Waals surface area contributed by atoms with Gasteiger partial charge in [0.1, 0.15) is 0 Å². The van der Waals surface area contributed by atoms with E-state index in [0.29, 0.717) is 0 Å². The maximum Gasteiger partial charge on any atom is 0.0215 e. The lowest BCUT2D eigenvalue weighted by Crippen LogP contribution is -2.28. The average Bonchev–Trinajstić information content (AvgIpc) is 2.71. The summed E-state index contributed by atoms with van der Waals surface area (Å²) in [6.07, 6.45) is 13.2. The van der Waals surface area contributed by atoms with E-state index in [9.17, 15) is 0 Å². The molecule has 0 aliphatic heterocycles. The molecule has 19 heavy (non-hydrogen) atoms. The summed E-state index contributed by atoms with van der Waals surface area (Å²) in [5.74, 6) is 0. The molecule has 0 N–H and O–H groups in total. The fourth-order valence-corrected chi connectivity index (χ4v) is 4.06. The number of benzene rings is 1. The topological polar surface area (TPSA) is 0 Å². The van der Waals surface area contributed by atoms with E-state index in [1.807, 2.05) is 6.08 Å². The molecule has 0 amide bonds. The lowest BCUT2D eigenvalue weighted by Gasteiger charge is -2.36. The van der Waals surface area contributed by atoms with E-state index in [4.69, 9.17) is 0 Å². The van der Waals surface area contributed by atoms with Gasteiger partial charge in [0.15, 0.2) is 0 Å². The number of rotatable bonds is 1. The Bertz CT molecular complexity index is 551. The van der Waals surface area contributed by atoms with Gasteiger partial charge in [-0.3, -0.25) is 0 Å². The molecule has 1 spiro atoms. The summed E-state index contributed by atoms with van der Waals surface area (Å²) in [5, 5.41) is 0. The zero-order valence-electron chi connectivity index (χ0n) is 11.8. The third-order valence-electron chi connectivity index (χ3n) is 4.82. The zero-order chi connectivity index (χ0) is 13.3. The minimum atomic E-state index is 0.269. The van der Waals surface area contributed by atoms with Gasteiger partial charge in [0, 0.05) is 5.41 Å². The Morgan fingerprint density at radius 3 is 2.53 bits per heavy atom.